The molecule has 0 aliphatic carbocycles. The van der Waals surface area contributed by atoms with Crippen molar-refractivity contribution in [2.75, 3.05) is 24.7 Å². The van der Waals surface area contributed by atoms with Gasteiger partial charge in [-0.1, -0.05) is 0 Å². The van der Waals surface area contributed by atoms with Gasteiger partial charge in [-0.2, -0.15) is 11.8 Å². The molecule has 3 nitrogen and oxygen atoms in total. The van der Waals surface area contributed by atoms with Crippen LogP contribution in [-0.2, 0) is 4.79 Å². The summed E-state index contributed by atoms with van der Waals surface area (Å²) in [5, 5.41) is 11.6. The van der Waals surface area contributed by atoms with E-state index in [4.69, 9.17) is 5.11 Å². The van der Waals surface area contributed by atoms with Crippen molar-refractivity contribution in [2.45, 2.75) is 32.1 Å². The summed E-state index contributed by atoms with van der Waals surface area (Å²) < 4.78 is 0. The number of hydrogen-bond acceptors (Lipinski definition) is 3. The Hall–Kier alpha value is -0.220. The molecule has 1 saturated heterocycles. The van der Waals surface area contributed by atoms with E-state index in [1.54, 1.807) is 0 Å². The van der Waals surface area contributed by atoms with Crippen molar-refractivity contribution in [3.63, 3.8) is 0 Å². The van der Waals surface area contributed by atoms with E-state index in [9.17, 15) is 4.79 Å². The minimum Gasteiger partial charge on any atom is -0.396 e. The molecule has 2 N–H and O–H groups in total. The van der Waals surface area contributed by atoms with Crippen LogP contribution in [-0.4, -0.2) is 35.7 Å². The second-order valence-corrected chi connectivity index (χ2v) is 5.27. The molecule has 1 heterocycles. The lowest BCUT2D eigenvalue weighted by Gasteiger charge is -2.21. The van der Waals surface area contributed by atoms with Gasteiger partial charge in [-0.05, 0) is 43.1 Å². The van der Waals surface area contributed by atoms with E-state index in [1.807, 2.05) is 11.8 Å². The van der Waals surface area contributed by atoms with Crippen LogP contribution in [0.5, 0.6) is 0 Å². The number of rotatable bonds is 6. The van der Waals surface area contributed by atoms with Gasteiger partial charge in [0.1, 0.15) is 0 Å². The van der Waals surface area contributed by atoms with E-state index < -0.39 is 0 Å². The molecule has 0 unspecified atom stereocenters. The van der Waals surface area contributed by atoms with E-state index >= 15 is 0 Å². The van der Waals surface area contributed by atoms with Gasteiger partial charge < -0.3 is 10.4 Å². The van der Waals surface area contributed by atoms with Crippen molar-refractivity contribution >= 4 is 17.7 Å². The van der Waals surface area contributed by atoms with E-state index in [0.717, 1.165) is 19.4 Å². The van der Waals surface area contributed by atoms with Crippen molar-refractivity contribution in [1.82, 2.24) is 5.32 Å². The van der Waals surface area contributed by atoms with E-state index in [0.29, 0.717) is 12.3 Å². The Morgan fingerprint density at radius 2 is 2.07 bits per heavy atom. The SMILES string of the molecule is O=C(CCCCO)NCC1CCSCC1. The van der Waals surface area contributed by atoms with Crippen LogP contribution in [0.3, 0.4) is 0 Å². The second-order valence-electron chi connectivity index (χ2n) is 4.04. The maximum Gasteiger partial charge on any atom is 0.220 e. The quantitative estimate of drug-likeness (QED) is 0.680. The molecule has 1 aliphatic heterocycles. The number of aliphatic hydroxyl groups is 1. The van der Waals surface area contributed by atoms with Gasteiger partial charge in [0.25, 0.3) is 0 Å². The van der Waals surface area contributed by atoms with Gasteiger partial charge in [0.2, 0.25) is 5.91 Å². The largest absolute Gasteiger partial charge is 0.396 e. The molecule has 0 atom stereocenters. The number of unbranched alkanes of at least 4 members (excludes halogenated alkanes) is 1. The molecule has 0 spiro atoms. The van der Waals surface area contributed by atoms with Crippen LogP contribution in [0.1, 0.15) is 32.1 Å². The first kappa shape index (κ1) is 12.8. The molecule has 0 radical (unpaired) electrons. The van der Waals surface area contributed by atoms with Crippen LogP contribution in [0.4, 0.5) is 0 Å². The Morgan fingerprint density at radius 1 is 1.33 bits per heavy atom. The molecule has 4 heteroatoms. The molecule has 0 bridgehead atoms. The number of hydrogen-bond donors (Lipinski definition) is 2. The molecule has 0 aromatic carbocycles. The van der Waals surface area contributed by atoms with Crippen LogP contribution in [0.2, 0.25) is 0 Å². The third kappa shape index (κ3) is 6.05. The predicted octanol–water partition coefficient (Wildman–Crippen LogP) is 1.41. The maximum atomic E-state index is 11.4. The Kier molecular flexibility index (Phi) is 6.85. The fourth-order valence-electron chi connectivity index (χ4n) is 1.69. The molecule has 1 fully saturated rings. The van der Waals surface area contributed by atoms with Gasteiger partial charge in [-0.3, -0.25) is 4.79 Å². The first-order chi connectivity index (χ1) is 7.33. The summed E-state index contributed by atoms with van der Waals surface area (Å²) in [6.07, 6.45) is 4.56. The van der Waals surface area contributed by atoms with E-state index in [2.05, 4.69) is 5.32 Å². The number of nitrogens with one attached hydrogen (secondary N) is 1. The molecule has 1 aliphatic rings. The third-order valence-corrected chi connectivity index (χ3v) is 3.79. The highest BCUT2D eigenvalue weighted by Gasteiger charge is 2.14. The summed E-state index contributed by atoms with van der Waals surface area (Å²) in [6, 6.07) is 0. The minimum atomic E-state index is 0.140. The van der Waals surface area contributed by atoms with Crippen molar-refractivity contribution in [3.8, 4) is 0 Å². The van der Waals surface area contributed by atoms with Gasteiger partial charge in [-0.25, -0.2) is 0 Å². The number of aliphatic hydroxyl groups excluding tert-OH is 1. The zero-order valence-electron chi connectivity index (χ0n) is 9.21. The molecule has 15 heavy (non-hydrogen) atoms. The highest BCUT2D eigenvalue weighted by atomic mass is 32.2. The molecular weight excluding hydrogens is 210 g/mol. The minimum absolute atomic E-state index is 0.140. The maximum absolute atomic E-state index is 11.4. The molecule has 0 saturated carbocycles. The fourth-order valence-corrected chi connectivity index (χ4v) is 2.90. The number of carbonyl (C=O) groups is 1. The number of carbonyl (C=O) groups excluding carboxylic acids is 1. The monoisotopic (exact) mass is 231 g/mol. The average Bonchev–Trinajstić information content (AvgIpc) is 2.28. The predicted molar refractivity (Wildman–Crippen MR) is 64.0 cm³/mol. The van der Waals surface area contributed by atoms with Crippen molar-refractivity contribution in [1.29, 1.82) is 0 Å². The zero-order valence-corrected chi connectivity index (χ0v) is 10.0. The van der Waals surface area contributed by atoms with Gasteiger partial charge in [-0.15, -0.1) is 0 Å². The smallest absolute Gasteiger partial charge is 0.220 e. The van der Waals surface area contributed by atoms with Crippen LogP contribution in [0.25, 0.3) is 0 Å². The Balaban J connectivity index is 2.00. The summed E-state index contributed by atoms with van der Waals surface area (Å²) in [5.41, 5.74) is 0. The third-order valence-electron chi connectivity index (χ3n) is 2.74. The molecule has 0 aromatic heterocycles. The highest BCUT2D eigenvalue weighted by molar-refractivity contribution is 7.99. The summed E-state index contributed by atoms with van der Waals surface area (Å²) >= 11 is 2.01. The second kappa shape index (κ2) is 7.99. The number of thioether (sulfide) groups is 1. The molecule has 0 aromatic rings. The fraction of sp³-hybridized carbons (Fsp3) is 0.909. The Labute approximate surface area is 96.0 Å². The zero-order chi connectivity index (χ0) is 10.9. The molecule has 1 rings (SSSR count). The highest BCUT2D eigenvalue weighted by Crippen LogP contribution is 2.21. The Bertz CT molecular complexity index is 181. The Morgan fingerprint density at radius 3 is 2.73 bits per heavy atom. The van der Waals surface area contributed by atoms with Gasteiger partial charge in [0, 0.05) is 19.6 Å². The first-order valence-corrected chi connectivity index (χ1v) is 6.93. The lowest BCUT2D eigenvalue weighted by molar-refractivity contribution is -0.121. The lowest BCUT2D eigenvalue weighted by Crippen LogP contribution is -2.30. The molecule has 1 amide bonds. The van der Waals surface area contributed by atoms with Crippen molar-refractivity contribution in [3.05, 3.63) is 0 Å². The topological polar surface area (TPSA) is 49.3 Å². The standard InChI is InChI=1S/C11H21NO2S/c13-6-2-1-3-11(14)12-9-10-4-7-15-8-5-10/h10,13H,1-9H2,(H,12,14). The van der Waals surface area contributed by atoms with Crippen LogP contribution in [0.15, 0.2) is 0 Å². The van der Waals surface area contributed by atoms with Crippen molar-refractivity contribution in [2.24, 2.45) is 5.92 Å². The molecular formula is C11H21NO2S. The van der Waals surface area contributed by atoms with Crippen LogP contribution in [0, 0.1) is 5.92 Å². The summed E-state index contributed by atoms with van der Waals surface area (Å²) in [4.78, 5) is 11.4. The van der Waals surface area contributed by atoms with E-state index in [1.165, 1.54) is 24.3 Å². The first-order valence-electron chi connectivity index (χ1n) is 5.78. The summed E-state index contributed by atoms with van der Waals surface area (Å²) in [7, 11) is 0. The number of amides is 1. The van der Waals surface area contributed by atoms with E-state index in [-0.39, 0.29) is 12.5 Å². The normalized spacial score (nSPS) is 17.7. The summed E-state index contributed by atoms with van der Waals surface area (Å²) in [6.45, 7) is 1.03. The van der Waals surface area contributed by atoms with Crippen LogP contribution < -0.4 is 5.32 Å². The van der Waals surface area contributed by atoms with Gasteiger partial charge >= 0.3 is 0 Å². The van der Waals surface area contributed by atoms with Gasteiger partial charge in [0.05, 0.1) is 0 Å². The lowest BCUT2D eigenvalue weighted by atomic mass is 10.0. The average molecular weight is 231 g/mol. The van der Waals surface area contributed by atoms with Crippen molar-refractivity contribution < 1.29 is 9.90 Å². The van der Waals surface area contributed by atoms with Crippen LogP contribution >= 0.6 is 11.8 Å². The summed E-state index contributed by atoms with van der Waals surface area (Å²) in [5.74, 6) is 3.31. The van der Waals surface area contributed by atoms with Gasteiger partial charge in [0.15, 0.2) is 0 Å². The molecule has 88 valence electrons.